The van der Waals surface area contributed by atoms with Gasteiger partial charge in [-0.3, -0.25) is 10.1 Å². The highest BCUT2D eigenvalue weighted by atomic mass is 16.6. The molecule has 1 aromatic carbocycles. The molecule has 0 aliphatic carbocycles. The third-order valence-electron chi connectivity index (χ3n) is 2.40. The minimum absolute atomic E-state index is 0.0463. The zero-order valence-corrected chi connectivity index (χ0v) is 9.27. The minimum atomic E-state index is -1.17. The number of nitro groups is 1. The van der Waals surface area contributed by atoms with Crippen LogP contribution in [0.15, 0.2) is 24.3 Å². The molecule has 8 heteroatoms. The van der Waals surface area contributed by atoms with E-state index in [0.717, 1.165) is 0 Å². The maximum absolute atomic E-state index is 10.8. The number of non-ortho nitro benzene ring substituents is 1. The van der Waals surface area contributed by atoms with Crippen LogP contribution >= 0.6 is 0 Å². The van der Waals surface area contributed by atoms with Crippen molar-refractivity contribution in [2.45, 2.75) is 6.92 Å². The molecule has 8 nitrogen and oxygen atoms in total. The van der Waals surface area contributed by atoms with Gasteiger partial charge in [0.1, 0.15) is 0 Å². The summed E-state index contributed by atoms with van der Waals surface area (Å²) in [4.78, 5) is 20.8. The number of rotatable bonds is 3. The smallest absolute Gasteiger partial charge is 0.358 e. The van der Waals surface area contributed by atoms with E-state index in [1.807, 2.05) is 0 Å². The first-order valence-electron chi connectivity index (χ1n) is 4.91. The average molecular weight is 248 g/mol. The standard InChI is InChI=1S/C10H8N4O4/c1-6-9(10(15)16)11-12-13(6)7-2-4-8(5-3-7)14(17)18/h2-5H,1H3,(H,15,16). The molecular weight excluding hydrogens is 240 g/mol. The van der Waals surface area contributed by atoms with Crippen LogP contribution in [0.2, 0.25) is 0 Å². The average Bonchev–Trinajstić information content (AvgIpc) is 2.71. The van der Waals surface area contributed by atoms with Crippen molar-refractivity contribution < 1.29 is 14.8 Å². The maximum atomic E-state index is 10.8. The summed E-state index contributed by atoms with van der Waals surface area (Å²) >= 11 is 0. The number of nitrogens with zero attached hydrogens (tertiary/aromatic N) is 4. The Balaban J connectivity index is 2.43. The van der Waals surface area contributed by atoms with Crippen molar-refractivity contribution >= 4 is 11.7 Å². The highest BCUT2D eigenvalue weighted by molar-refractivity contribution is 5.86. The Hall–Kier alpha value is -2.77. The van der Waals surface area contributed by atoms with Crippen LogP contribution in [0.1, 0.15) is 16.2 Å². The highest BCUT2D eigenvalue weighted by Crippen LogP contribution is 2.16. The molecule has 2 aromatic rings. The van der Waals surface area contributed by atoms with E-state index in [4.69, 9.17) is 5.11 Å². The zero-order valence-electron chi connectivity index (χ0n) is 9.27. The Morgan fingerprint density at radius 2 is 2.00 bits per heavy atom. The Kier molecular flexibility index (Phi) is 2.76. The van der Waals surface area contributed by atoms with Crippen LogP contribution in [0, 0.1) is 17.0 Å². The number of hydrogen-bond donors (Lipinski definition) is 1. The van der Waals surface area contributed by atoms with Crippen LogP contribution in [0.25, 0.3) is 5.69 Å². The lowest BCUT2D eigenvalue weighted by Crippen LogP contribution is -2.02. The second-order valence-electron chi connectivity index (χ2n) is 3.51. The number of nitro benzene ring substituents is 1. The topological polar surface area (TPSA) is 111 Å². The van der Waals surface area contributed by atoms with Gasteiger partial charge in [-0.05, 0) is 19.1 Å². The molecule has 1 heterocycles. The summed E-state index contributed by atoms with van der Waals surface area (Å²) in [6.45, 7) is 1.56. The Bertz CT molecular complexity index is 617. The molecule has 0 unspecified atom stereocenters. The number of aromatic carboxylic acids is 1. The quantitative estimate of drug-likeness (QED) is 0.644. The minimum Gasteiger partial charge on any atom is -0.476 e. The number of aromatic nitrogens is 3. The SMILES string of the molecule is Cc1c(C(=O)O)nnn1-c1ccc([N+](=O)[O-])cc1. The van der Waals surface area contributed by atoms with Crippen molar-refractivity contribution in [2.75, 3.05) is 0 Å². The normalized spacial score (nSPS) is 10.3. The molecule has 1 aromatic heterocycles. The molecule has 1 N–H and O–H groups in total. The molecular formula is C10H8N4O4. The molecule has 0 aliphatic rings. The fraction of sp³-hybridized carbons (Fsp3) is 0.100. The van der Waals surface area contributed by atoms with Gasteiger partial charge in [0.05, 0.1) is 16.3 Å². The first kappa shape index (κ1) is 11.7. The summed E-state index contributed by atoms with van der Waals surface area (Å²) in [5, 5.41) is 26.6. The van der Waals surface area contributed by atoms with E-state index in [1.165, 1.54) is 28.9 Å². The van der Waals surface area contributed by atoms with Gasteiger partial charge in [-0.1, -0.05) is 5.21 Å². The summed E-state index contributed by atoms with van der Waals surface area (Å²) in [5.41, 5.74) is 0.679. The van der Waals surface area contributed by atoms with E-state index >= 15 is 0 Å². The lowest BCUT2D eigenvalue weighted by Gasteiger charge is -2.02. The molecule has 0 amide bonds. The van der Waals surface area contributed by atoms with E-state index in [0.29, 0.717) is 11.4 Å². The summed E-state index contributed by atoms with van der Waals surface area (Å²) < 4.78 is 1.31. The summed E-state index contributed by atoms with van der Waals surface area (Å²) in [6.07, 6.45) is 0. The van der Waals surface area contributed by atoms with Gasteiger partial charge in [-0.25, -0.2) is 9.48 Å². The predicted molar refractivity (Wildman–Crippen MR) is 59.7 cm³/mol. The molecule has 18 heavy (non-hydrogen) atoms. The van der Waals surface area contributed by atoms with Gasteiger partial charge < -0.3 is 5.11 Å². The largest absolute Gasteiger partial charge is 0.476 e. The van der Waals surface area contributed by atoms with E-state index in [1.54, 1.807) is 6.92 Å². The van der Waals surface area contributed by atoms with Gasteiger partial charge in [0.2, 0.25) is 0 Å². The molecule has 2 rings (SSSR count). The lowest BCUT2D eigenvalue weighted by atomic mass is 10.2. The van der Waals surface area contributed by atoms with Crippen LogP contribution in [-0.2, 0) is 0 Å². The molecule has 0 saturated carbocycles. The van der Waals surface area contributed by atoms with Gasteiger partial charge in [0.25, 0.3) is 5.69 Å². The second-order valence-corrected chi connectivity index (χ2v) is 3.51. The van der Waals surface area contributed by atoms with E-state index in [2.05, 4.69) is 10.3 Å². The van der Waals surface area contributed by atoms with Crippen molar-refractivity contribution in [1.29, 1.82) is 0 Å². The molecule has 0 bridgehead atoms. The van der Waals surface area contributed by atoms with Gasteiger partial charge in [-0.15, -0.1) is 5.10 Å². The third kappa shape index (κ3) is 1.90. The Morgan fingerprint density at radius 1 is 1.39 bits per heavy atom. The van der Waals surface area contributed by atoms with Crippen LogP contribution in [0.5, 0.6) is 0 Å². The Morgan fingerprint density at radius 3 is 2.44 bits per heavy atom. The molecule has 0 spiro atoms. The number of carboxylic acids is 1. The third-order valence-corrected chi connectivity index (χ3v) is 2.40. The van der Waals surface area contributed by atoms with Crippen LogP contribution < -0.4 is 0 Å². The van der Waals surface area contributed by atoms with Gasteiger partial charge in [0, 0.05) is 12.1 Å². The molecule has 0 saturated heterocycles. The number of benzene rings is 1. The fourth-order valence-electron chi connectivity index (χ4n) is 1.49. The summed E-state index contributed by atoms with van der Waals surface area (Å²) in [5.74, 6) is -1.17. The number of carboxylic acid groups (broad SMARTS) is 1. The second kappa shape index (κ2) is 4.24. The van der Waals surface area contributed by atoms with Gasteiger partial charge >= 0.3 is 5.97 Å². The summed E-state index contributed by atoms with van der Waals surface area (Å²) in [6, 6.07) is 5.59. The maximum Gasteiger partial charge on any atom is 0.358 e. The summed E-state index contributed by atoms with van der Waals surface area (Å²) in [7, 11) is 0. The van der Waals surface area contributed by atoms with Gasteiger partial charge in [0.15, 0.2) is 5.69 Å². The number of hydrogen-bond acceptors (Lipinski definition) is 5. The van der Waals surface area contributed by atoms with E-state index in [-0.39, 0.29) is 11.4 Å². The van der Waals surface area contributed by atoms with Crippen LogP contribution in [0.4, 0.5) is 5.69 Å². The number of carbonyl (C=O) groups is 1. The fourth-order valence-corrected chi connectivity index (χ4v) is 1.49. The van der Waals surface area contributed by atoms with Crippen molar-refractivity contribution in [3.63, 3.8) is 0 Å². The van der Waals surface area contributed by atoms with E-state index < -0.39 is 10.9 Å². The Labute approximate surface area is 101 Å². The van der Waals surface area contributed by atoms with E-state index in [9.17, 15) is 14.9 Å². The monoisotopic (exact) mass is 248 g/mol. The molecule has 92 valence electrons. The van der Waals surface area contributed by atoms with Crippen LogP contribution in [0.3, 0.4) is 0 Å². The van der Waals surface area contributed by atoms with Crippen molar-refractivity contribution in [2.24, 2.45) is 0 Å². The molecule has 0 radical (unpaired) electrons. The van der Waals surface area contributed by atoms with Crippen molar-refractivity contribution in [1.82, 2.24) is 15.0 Å². The zero-order chi connectivity index (χ0) is 13.3. The van der Waals surface area contributed by atoms with Gasteiger partial charge in [-0.2, -0.15) is 0 Å². The first-order valence-corrected chi connectivity index (χ1v) is 4.91. The van der Waals surface area contributed by atoms with Crippen molar-refractivity contribution in [3.8, 4) is 5.69 Å². The first-order chi connectivity index (χ1) is 8.50. The van der Waals surface area contributed by atoms with Crippen molar-refractivity contribution in [3.05, 3.63) is 45.8 Å². The highest BCUT2D eigenvalue weighted by Gasteiger charge is 2.16. The van der Waals surface area contributed by atoms with Crippen LogP contribution in [-0.4, -0.2) is 31.0 Å². The molecule has 0 aliphatic heterocycles. The predicted octanol–water partition coefficient (Wildman–Crippen LogP) is 1.18. The molecule has 0 fully saturated rings. The lowest BCUT2D eigenvalue weighted by molar-refractivity contribution is -0.384. The molecule has 0 atom stereocenters.